The second kappa shape index (κ2) is 7.25. The molecule has 0 amide bonds. The zero-order valence-electron chi connectivity index (χ0n) is 11.4. The molecular formula is C15H23ClN2O. The van der Waals surface area contributed by atoms with Crippen LogP contribution >= 0.6 is 11.6 Å². The molecule has 1 saturated carbocycles. The molecule has 0 spiro atoms. The number of hydrogen-bond donors (Lipinski definition) is 2. The van der Waals surface area contributed by atoms with Gasteiger partial charge in [0.1, 0.15) is 0 Å². The van der Waals surface area contributed by atoms with E-state index in [9.17, 15) is 0 Å². The van der Waals surface area contributed by atoms with Crippen molar-refractivity contribution in [2.75, 3.05) is 7.11 Å². The molecule has 1 fully saturated rings. The molecule has 19 heavy (non-hydrogen) atoms. The summed E-state index contributed by atoms with van der Waals surface area (Å²) in [6.07, 6.45) is 6.46. The molecule has 1 aliphatic carbocycles. The summed E-state index contributed by atoms with van der Waals surface area (Å²) in [6.45, 7) is 0. The fraction of sp³-hybridized carbons (Fsp3) is 0.600. The van der Waals surface area contributed by atoms with Crippen molar-refractivity contribution in [3.8, 4) is 0 Å². The smallest absolute Gasteiger partial charge is 0.0806 e. The molecule has 1 aromatic rings. The summed E-state index contributed by atoms with van der Waals surface area (Å²) in [6, 6.07) is 7.83. The number of rotatable bonds is 5. The maximum atomic E-state index is 6.07. The van der Waals surface area contributed by atoms with Gasteiger partial charge in [-0.2, -0.15) is 0 Å². The van der Waals surface area contributed by atoms with Crippen LogP contribution in [0.5, 0.6) is 0 Å². The van der Waals surface area contributed by atoms with Crippen molar-refractivity contribution < 1.29 is 4.74 Å². The number of nitrogens with two attached hydrogens (primary N) is 1. The Morgan fingerprint density at radius 2 is 2.05 bits per heavy atom. The van der Waals surface area contributed by atoms with E-state index in [1.165, 1.54) is 32.1 Å². The maximum absolute atomic E-state index is 6.07. The number of nitrogens with one attached hydrogen (secondary N) is 1. The normalized spacial score (nSPS) is 20.2. The largest absolute Gasteiger partial charge is 0.379 e. The first kappa shape index (κ1) is 14.8. The molecular weight excluding hydrogens is 260 g/mol. The van der Waals surface area contributed by atoms with Crippen LogP contribution < -0.4 is 11.3 Å². The molecule has 2 atom stereocenters. The van der Waals surface area contributed by atoms with E-state index in [0.717, 1.165) is 10.6 Å². The van der Waals surface area contributed by atoms with Crippen molar-refractivity contribution in [2.24, 2.45) is 11.8 Å². The van der Waals surface area contributed by atoms with E-state index in [-0.39, 0.29) is 12.1 Å². The summed E-state index contributed by atoms with van der Waals surface area (Å²) in [5.41, 5.74) is 4.00. The van der Waals surface area contributed by atoms with E-state index < -0.39 is 0 Å². The lowest BCUT2D eigenvalue weighted by molar-refractivity contribution is 0.00750. The maximum Gasteiger partial charge on any atom is 0.0806 e. The Bertz CT molecular complexity index is 393. The van der Waals surface area contributed by atoms with Crippen LogP contribution in [-0.2, 0) is 4.74 Å². The highest BCUT2D eigenvalue weighted by atomic mass is 35.5. The van der Waals surface area contributed by atoms with E-state index >= 15 is 0 Å². The van der Waals surface area contributed by atoms with Gasteiger partial charge in [0.25, 0.3) is 0 Å². The zero-order valence-corrected chi connectivity index (χ0v) is 12.2. The topological polar surface area (TPSA) is 47.3 Å². The van der Waals surface area contributed by atoms with Gasteiger partial charge < -0.3 is 4.74 Å². The molecule has 1 aliphatic rings. The van der Waals surface area contributed by atoms with Gasteiger partial charge in [-0.1, -0.05) is 43.0 Å². The summed E-state index contributed by atoms with van der Waals surface area (Å²) in [4.78, 5) is 0. The molecule has 0 saturated heterocycles. The molecule has 0 aliphatic heterocycles. The van der Waals surface area contributed by atoms with Crippen molar-refractivity contribution in [1.82, 2.24) is 5.43 Å². The van der Waals surface area contributed by atoms with Gasteiger partial charge in [-0.3, -0.25) is 11.3 Å². The van der Waals surface area contributed by atoms with E-state index in [1.54, 1.807) is 7.11 Å². The Kier molecular flexibility index (Phi) is 5.64. The third-order valence-corrected chi connectivity index (χ3v) is 4.34. The second-order valence-electron chi connectivity index (χ2n) is 5.30. The Labute approximate surface area is 120 Å². The van der Waals surface area contributed by atoms with Gasteiger partial charge in [-0.15, -0.1) is 0 Å². The van der Waals surface area contributed by atoms with Crippen LogP contribution in [0.4, 0.5) is 0 Å². The van der Waals surface area contributed by atoms with Crippen LogP contribution in [0.3, 0.4) is 0 Å². The van der Waals surface area contributed by atoms with Crippen molar-refractivity contribution >= 4 is 11.6 Å². The lowest BCUT2D eigenvalue weighted by Gasteiger charge is -2.34. The SMILES string of the molecule is COC(C1CCCCC1)C(NN)c1cccc(Cl)c1. The van der Waals surface area contributed by atoms with Crippen LogP contribution in [0.25, 0.3) is 0 Å². The minimum absolute atomic E-state index is 0.00759. The molecule has 0 radical (unpaired) electrons. The number of benzene rings is 1. The van der Waals surface area contributed by atoms with Gasteiger partial charge in [0.15, 0.2) is 0 Å². The van der Waals surface area contributed by atoms with Gasteiger partial charge in [0, 0.05) is 12.1 Å². The molecule has 4 heteroatoms. The Hall–Kier alpha value is -0.610. The standard InChI is InChI=1S/C15H23ClN2O/c1-19-15(11-6-3-2-4-7-11)14(18-17)12-8-5-9-13(16)10-12/h5,8-11,14-15,18H,2-4,6-7,17H2,1H3. The highest BCUT2D eigenvalue weighted by molar-refractivity contribution is 6.30. The van der Waals surface area contributed by atoms with E-state index in [2.05, 4.69) is 5.43 Å². The van der Waals surface area contributed by atoms with Crippen LogP contribution in [-0.4, -0.2) is 13.2 Å². The van der Waals surface area contributed by atoms with E-state index in [0.29, 0.717) is 5.92 Å². The van der Waals surface area contributed by atoms with E-state index in [1.807, 2.05) is 24.3 Å². The molecule has 0 bridgehead atoms. The van der Waals surface area contributed by atoms with Gasteiger partial charge in [-0.05, 0) is 36.5 Å². The number of methoxy groups -OCH3 is 1. The predicted octanol–water partition coefficient (Wildman–Crippen LogP) is 3.44. The molecule has 0 heterocycles. The zero-order chi connectivity index (χ0) is 13.7. The highest BCUT2D eigenvalue weighted by Crippen LogP contribution is 2.34. The Balaban J connectivity index is 2.17. The van der Waals surface area contributed by atoms with Gasteiger partial charge in [0.05, 0.1) is 12.1 Å². The quantitative estimate of drug-likeness (QED) is 0.642. The predicted molar refractivity (Wildman–Crippen MR) is 78.9 cm³/mol. The third kappa shape index (κ3) is 3.69. The van der Waals surface area contributed by atoms with Crippen LogP contribution in [0.2, 0.25) is 5.02 Å². The summed E-state index contributed by atoms with van der Waals surface area (Å²) in [7, 11) is 1.77. The molecule has 106 valence electrons. The average molecular weight is 283 g/mol. The van der Waals surface area contributed by atoms with Gasteiger partial charge >= 0.3 is 0 Å². The highest BCUT2D eigenvalue weighted by Gasteiger charge is 2.31. The molecule has 2 unspecified atom stereocenters. The molecule has 3 N–H and O–H groups in total. The van der Waals surface area contributed by atoms with Crippen LogP contribution in [0.15, 0.2) is 24.3 Å². The number of hydrogen-bond acceptors (Lipinski definition) is 3. The number of ether oxygens (including phenoxy) is 1. The third-order valence-electron chi connectivity index (χ3n) is 4.10. The molecule has 2 rings (SSSR count). The lowest BCUT2D eigenvalue weighted by Crippen LogP contribution is -2.42. The summed E-state index contributed by atoms with van der Waals surface area (Å²) in [5, 5.41) is 0.733. The summed E-state index contributed by atoms with van der Waals surface area (Å²) >= 11 is 6.07. The Morgan fingerprint density at radius 3 is 2.63 bits per heavy atom. The summed E-state index contributed by atoms with van der Waals surface area (Å²) < 4.78 is 5.75. The molecule has 1 aromatic carbocycles. The van der Waals surface area contributed by atoms with Crippen molar-refractivity contribution in [3.05, 3.63) is 34.9 Å². The lowest BCUT2D eigenvalue weighted by atomic mass is 9.81. The average Bonchev–Trinajstić information content (AvgIpc) is 2.45. The van der Waals surface area contributed by atoms with Crippen LogP contribution in [0, 0.1) is 5.92 Å². The fourth-order valence-corrected chi connectivity index (χ4v) is 3.34. The minimum Gasteiger partial charge on any atom is -0.379 e. The molecule has 3 nitrogen and oxygen atoms in total. The first-order valence-corrected chi connectivity index (χ1v) is 7.38. The van der Waals surface area contributed by atoms with Gasteiger partial charge in [0.2, 0.25) is 0 Å². The first-order valence-electron chi connectivity index (χ1n) is 7.00. The monoisotopic (exact) mass is 282 g/mol. The second-order valence-corrected chi connectivity index (χ2v) is 5.73. The first-order chi connectivity index (χ1) is 9.26. The Morgan fingerprint density at radius 1 is 1.32 bits per heavy atom. The van der Waals surface area contributed by atoms with E-state index in [4.69, 9.17) is 22.2 Å². The fourth-order valence-electron chi connectivity index (χ4n) is 3.14. The van der Waals surface area contributed by atoms with Crippen molar-refractivity contribution in [2.45, 2.75) is 44.2 Å². The van der Waals surface area contributed by atoms with Crippen molar-refractivity contribution in [1.29, 1.82) is 0 Å². The van der Waals surface area contributed by atoms with Gasteiger partial charge in [-0.25, -0.2) is 0 Å². The number of halogens is 1. The van der Waals surface area contributed by atoms with Crippen LogP contribution in [0.1, 0.15) is 43.7 Å². The minimum atomic E-state index is -0.00759. The van der Waals surface area contributed by atoms with Crippen molar-refractivity contribution in [3.63, 3.8) is 0 Å². The number of hydrazine groups is 1. The summed E-state index contributed by atoms with van der Waals surface area (Å²) in [5.74, 6) is 6.33. The molecule has 0 aromatic heterocycles.